The zero-order valence-electron chi connectivity index (χ0n) is 21.9. The minimum absolute atomic E-state index is 0.0285. The molecule has 0 aromatic heterocycles. The molecule has 2 aliphatic carbocycles. The zero-order valence-corrected chi connectivity index (χ0v) is 21.9. The van der Waals surface area contributed by atoms with E-state index in [2.05, 4.69) is 31.3 Å². The molecule has 8 atom stereocenters. The molecule has 0 bridgehead atoms. The highest BCUT2D eigenvalue weighted by Gasteiger charge is 2.61. The summed E-state index contributed by atoms with van der Waals surface area (Å²) in [6, 6.07) is 10.4. The van der Waals surface area contributed by atoms with Crippen LogP contribution < -0.4 is 5.32 Å². The van der Waals surface area contributed by atoms with E-state index in [1.54, 1.807) is 0 Å². The molecule has 1 aromatic rings. The Bertz CT molecular complexity index is 956. The number of likely N-dealkylation sites (tertiary alicyclic amines) is 1. The lowest BCUT2D eigenvalue weighted by molar-refractivity contribution is -0.308. The molecule has 0 spiro atoms. The fourth-order valence-electron chi connectivity index (χ4n) is 7.91. The molecule has 4 fully saturated rings. The largest absolute Gasteiger partial charge is 0.393 e. The number of rotatable bonds is 5. The van der Waals surface area contributed by atoms with Gasteiger partial charge in [0.1, 0.15) is 0 Å². The molecule has 2 heterocycles. The third kappa shape index (κ3) is 4.82. The van der Waals surface area contributed by atoms with Crippen LogP contribution in [0.25, 0.3) is 0 Å². The monoisotopic (exact) mass is 498 g/mol. The van der Waals surface area contributed by atoms with Crippen molar-refractivity contribution in [2.24, 2.45) is 22.7 Å². The maximum absolute atomic E-state index is 13.3. The minimum atomic E-state index is -0.472. The first kappa shape index (κ1) is 25.7. The maximum atomic E-state index is 13.3. The number of ether oxygens (including phenoxy) is 2. The number of nitrogens with zero attached hydrogens (tertiary/aromatic N) is 1. The van der Waals surface area contributed by atoms with Crippen molar-refractivity contribution in [3.8, 4) is 0 Å². The van der Waals surface area contributed by atoms with Gasteiger partial charge in [-0.3, -0.25) is 9.59 Å². The molecule has 1 aromatic carbocycles. The topological polar surface area (TPSA) is 88.1 Å². The summed E-state index contributed by atoms with van der Waals surface area (Å²) in [5, 5.41) is 14.1. The van der Waals surface area contributed by atoms with Gasteiger partial charge >= 0.3 is 0 Å². The smallest absolute Gasteiger partial charge is 0.223 e. The third-order valence-corrected chi connectivity index (χ3v) is 9.82. The van der Waals surface area contributed by atoms with E-state index in [-0.39, 0.29) is 47.0 Å². The summed E-state index contributed by atoms with van der Waals surface area (Å²) in [4.78, 5) is 26.6. The fourth-order valence-corrected chi connectivity index (χ4v) is 7.91. The molecule has 0 unspecified atom stereocenters. The molecule has 0 radical (unpaired) electrons. The van der Waals surface area contributed by atoms with Gasteiger partial charge in [-0.05, 0) is 54.9 Å². The number of carbonyl (C=O) groups excluding carboxylic acids is 2. The molecule has 2 N–H and O–H groups in total. The second-order valence-electron chi connectivity index (χ2n) is 12.1. The Morgan fingerprint density at radius 3 is 2.64 bits per heavy atom. The first-order valence-corrected chi connectivity index (χ1v) is 13.7. The number of aliphatic hydroxyl groups excluding tert-OH is 1. The van der Waals surface area contributed by atoms with Crippen LogP contribution in [-0.2, 0) is 25.5 Å². The van der Waals surface area contributed by atoms with Crippen LogP contribution in [0.15, 0.2) is 30.3 Å². The summed E-state index contributed by atoms with van der Waals surface area (Å²) in [7, 11) is 0. The molecule has 2 aliphatic heterocycles. The minimum Gasteiger partial charge on any atom is -0.393 e. The summed E-state index contributed by atoms with van der Waals surface area (Å²) >= 11 is 0. The van der Waals surface area contributed by atoms with E-state index in [1.807, 2.05) is 23.1 Å². The summed E-state index contributed by atoms with van der Waals surface area (Å²) in [5.74, 6) is 0.289. The predicted octanol–water partition coefficient (Wildman–Crippen LogP) is 3.29. The molecule has 7 nitrogen and oxygen atoms in total. The molecule has 2 saturated carbocycles. The van der Waals surface area contributed by atoms with E-state index in [0.29, 0.717) is 38.5 Å². The Morgan fingerprint density at radius 2 is 1.89 bits per heavy atom. The molecule has 36 heavy (non-hydrogen) atoms. The average Bonchev–Trinajstić information content (AvgIpc) is 3.30. The van der Waals surface area contributed by atoms with E-state index in [1.165, 1.54) is 12.5 Å². The van der Waals surface area contributed by atoms with Crippen molar-refractivity contribution in [3.05, 3.63) is 35.9 Å². The highest BCUT2D eigenvalue weighted by molar-refractivity contribution is 5.77. The average molecular weight is 499 g/mol. The Morgan fingerprint density at radius 1 is 1.11 bits per heavy atom. The SMILES string of the molecule is CC(=O)N[C@H]1CCN(C(=O)C[C@@H]2[C@H](O)CC[C@@H]3[C@]4(C)CO[C@@H](Cc5ccccc5)O[C@@H]4CC[C@]32C)C1. The lowest BCUT2D eigenvalue weighted by Gasteiger charge is -2.63. The Labute approximate surface area is 214 Å². The van der Waals surface area contributed by atoms with E-state index >= 15 is 0 Å². The Balaban J connectivity index is 1.26. The summed E-state index contributed by atoms with van der Waals surface area (Å²) in [5.41, 5.74) is 0.939. The van der Waals surface area contributed by atoms with E-state index in [0.717, 1.165) is 32.1 Å². The van der Waals surface area contributed by atoms with Crippen LogP contribution in [0, 0.1) is 22.7 Å². The Kier molecular flexibility index (Phi) is 7.18. The predicted molar refractivity (Wildman–Crippen MR) is 136 cm³/mol. The van der Waals surface area contributed by atoms with Crippen LogP contribution in [0.3, 0.4) is 0 Å². The van der Waals surface area contributed by atoms with E-state index in [4.69, 9.17) is 9.47 Å². The van der Waals surface area contributed by atoms with Crippen LogP contribution in [0.4, 0.5) is 0 Å². The van der Waals surface area contributed by atoms with E-state index in [9.17, 15) is 14.7 Å². The number of amides is 2. The second-order valence-corrected chi connectivity index (χ2v) is 12.1. The molecule has 4 aliphatic rings. The van der Waals surface area contributed by atoms with Crippen molar-refractivity contribution >= 4 is 11.8 Å². The van der Waals surface area contributed by atoms with Crippen molar-refractivity contribution in [2.45, 2.75) is 90.3 Å². The lowest BCUT2D eigenvalue weighted by atomic mass is 9.46. The molecule has 2 saturated heterocycles. The van der Waals surface area contributed by atoms with Gasteiger partial charge in [0.2, 0.25) is 11.8 Å². The quantitative estimate of drug-likeness (QED) is 0.651. The van der Waals surface area contributed by atoms with Gasteiger partial charge in [-0.25, -0.2) is 0 Å². The molecule has 5 rings (SSSR count). The van der Waals surface area contributed by atoms with Gasteiger partial charge in [-0.2, -0.15) is 0 Å². The van der Waals surface area contributed by atoms with Gasteiger partial charge in [0.15, 0.2) is 6.29 Å². The number of benzene rings is 1. The van der Waals surface area contributed by atoms with Gasteiger partial charge in [0, 0.05) is 44.3 Å². The van der Waals surface area contributed by atoms with Gasteiger partial charge in [0.25, 0.3) is 0 Å². The lowest BCUT2D eigenvalue weighted by Crippen LogP contribution is -2.63. The number of hydrogen-bond acceptors (Lipinski definition) is 5. The second kappa shape index (κ2) is 10.1. The third-order valence-electron chi connectivity index (χ3n) is 9.82. The summed E-state index contributed by atoms with van der Waals surface area (Å²) in [6.45, 7) is 7.98. The fraction of sp³-hybridized carbons (Fsp3) is 0.724. The van der Waals surface area contributed by atoms with Gasteiger partial charge in [-0.1, -0.05) is 44.2 Å². The van der Waals surface area contributed by atoms with E-state index < -0.39 is 6.10 Å². The zero-order chi connectivity index (χ0) is 25.5. The summed E-state index contributed by atoms with van der Waals surface area (Å²) in [6.07, 6.45) is 4.83. The molecular formula is C29H42N2O5. The molecule has 2 amide bonds. The standard InChI is InChI=1S/C29H42N2O5/c1-19(32)30-21-12-14-31(17-21)26(34)16-22-23(33)9-10-24-28(22,2)13-11-25-29(24,3)18-35-27(36-25)15-20-7-5-4-6-8-20/h4-8,21-25,27,33H,9-18H2,1-3H3,(H,30,32)/t21-,22+,23+,24-,25+,27+,28-,29-/m0/s1. The van der Waals surface area contributed by atoms with Gasteiger partial charge < -0.3 is 24.8 Å². The number of hydrogen-bond donors (Lipinski definition) is 2. The van der Waals surface area contributed by atoms with Crippen molar-refractivity contribution in [1.29, 1.82) is 0 Å². The Hall–Kier alpha value is -1.96. The van der Waals surface area contributed by atoms with Gasteiger partial charge in [0.05, 0.1) is 18.8 Å². The van der Waals surface area contributed by atoms with Crippen molar-refractivity contribution in [3.63, 3.8) is 0 Å². The van der Waals surface area contributed by atoms with Gasteiger partial charge in [-0.15, -0.1) is 0 Å². The number of fused-ring (bicyclic) bond motifs is 3. The molecule has 198 valence electrons. The summed E-state index contributed by atoms with van der Waals surface area (Å²) < 4.78 is 12.9. The van der Waals surface area contributed by atoms with Crippen LogP contribution in [0.2, 0.25) is 0 Å². The van der Waals surface area contributed by atoms with Crippen LogP contribution in [0.1, 0.15) is 64.9 Å². The van der Waals surface area contributed by atoms with Crippen LogP contribution in [-0.4, -0.2) is 66.1 Å². The first-order valence-electron chi connectivity index (χ1n) is 13.7. The van der Waals surface area contributed by atoms with Crippen molar-refractivity contribution < 1.29 is 24.2 Å². The van der Waals surface area contributed by atoms with Crippen molar-refractivity contribution in [2.75, 3.05) is 19.7 Å². The number of carbonyl (C=O) groups is 2. The molecule has 7 heteroatoms. The molecular weight excluding hydrogens is 456 g/mol. The van der Waals surface area contributed by atoms with Crippen molar-refractivity contribution in [1.82, 2.24) is 10.2 Å². The normalized spacial score (nSPS) is 40.3. The van der Waals surface area contributed by atoms with Crippen LogP contribution >= 0.6 is 0 Å². The number of nitrogens with one attached hydrogen (secondary N) is 1. The highest BCUT2D eigenvalue weighted by Crippen LogP contribution is 2.62. The first-order chi connectivity index (χ1) is 17.2. The highest BCUT2D eigenvalue weighted by atomic mass is 16.7. The maximum Gasteiger partial charge on any atom is 0.223 e. The van der Waals surface area contributed by atoms with Crippen LogP contribution in [0.5, 0.6) is 0 Å². The number of aliphatic hydroxyl groups is 1.